The van der Waals surface area contributed by atoms with Crippen molar-refractivity contribution in [1.82, 2.24) is 4.98 Å². The Labute approximate surface area is 148 Å². The van der Waals surface area contributed by atoms with Crippen LogP contribution in [-0.2, 0) is 0 Å². The Hall–Kier alpha value is -1.87. The number of aromatic nitrogens is 1. The second-order valence-corrected chi connectivity index (χ2v) is 7.29. The number of nitrogens with zero attached hydrogens (tertiary/aromatic N) is 1. The highest BCUT2D eigenvalue weighted by Gasteiger charge is 2.13. The van der Waals surface area contributed by atoms with Crippen LogP contribution < -0.4 is 4.74 Å². The maximum atomic E-state index is 6.24. The number of fused-ring (bicyclic) bond motifs is 1. The van der Waals surface area contributed by atoms with Crippen LogP contribution >= 0.6 is 11.3 Å². The van der Waals surface area contributed by atoms with Crippen molar-refractivity contribution in [3.63, 3.8) is 0 Å². The van der Waals surface area contributed by atoms with E-state index in [4.69, 9.17) is 9.72 Å². The lowest BCUT2D eigenvalue weighted by Crippen LogP contribution is -2.12. The topological polar surface area (TPSA) is 22.1 Å². The molecule has 1 unspecified atom stereocenters. The minimum absolute atomic E-state index is 0.234. The average Bonchev–Trinajstić information content (AvgIpc) is 3.03. The van der Waals surface area contributed by atoms with Gasteiger partial charge in [0.05, 0.1) is 21.9 Å². The molecule has 2 aromatic carbocycles. The molecule has 126 valence electrons. The van der Waals surface area contributed by atoms with Crippen LogP contribution in [-0.4, -0.2) is 11.1 Å². The molecule has 3 aromatic rings. The van der Waals surface area contributed by atoms with Crippen LogP contribution in [0.25, 0.3) is 20.8 Å². The third-order valence-electron chi connectivity index (χ3n) is 4.20. The van der Waals surface area contributed by atoms with Crippen LogP contribution in [0.2, 0.25) is 0 Å². The molecule has 0 fully saturated rings. The maximum absolute atomic E-state index is 6.24. The zero-order chi connectivity index (χ0) is 16.8. The van der Waals surface area contributed by atoms with Crippen molar-refractivity contribution in [2.24, 2.45) is 0 Å². The molecule has 0 saturated carbocycles. The molecule has 0 aliphatic rings. The van der Waals surface area contributed by atoms with E-state index in [-0.39, 0.29) is 6.10 Å². The zero-order valence-corrected chi connectivity index (χ0v) is 15.3. The molecule has 3 heteroatoms. The van der Waals surface area contributed by atoms with E-state index in [1.165, 1.54) is 30.4 Å². The zero-order valence-electron chi connectivity index (χ0n) is 14.5. The lowest BCUT2D eigenvalue weighted by molar-refractivity contribution is 0.207. The summed E-state index contributed by atoms with van der Waals surface area (Å²) >= 11 is 1.72. The van der Waals surface area contributed by atoms with Crippen molar-refractivity contribution in [2.75, 3.05) is 0 Å². The van der Waals surface area contributed by atoms with Crippen LogP contribution in [0.5, 0.6) is 5.75 Å². The van der Waals surface area contributed by atoms with Gasteiger partial charge in [0.1, 0.15) is 10.8 Å². The summed E-state index contributed by atoms with van der Waals surface area (Å²) in [6.07, 6.45) is 6.46. The number of benzene rings is 2. The Bertz CT molecular complexity index is 747. The monoisotopic (exact) mass is 339 g/mol. The minimum Gasteiger partial charge on any atom is -0.490 e. The van der Waals surface area contributed by atoms with Crippen LogP contribution in [0.15, 0.2) is 48.5 Å². The molecule has 1 atom stereocenters. The van der Waals surface area contributed by atoms with E-state index in [9.17, 15) is 0 Å². The first kappa shape index (κ1) is 17.0. The van der Waals surface area contributed by atoms with Crippen molar-refractivity contribution in [3.8, 4) is 16.3 Å². The van der Waals surface area contributed by atoms with E-state index in [1.54, 1.807) is 11.3 Å². The van der Waals surface area contributed by atoms with Gasteiger partial charge in [0.2, 0.25) is 0 Å². The molecule has 3 rings (SSSR count). The Morgan fingerprint density at radius 3 is 2.62 bits per heavy atom. The van der Waals surface area contributed by atoms with Gasteiger partial charge in [-0.15, -0.1) is 11.3 Å². The summed E-state index contributed by atoms with van der Waals surface area (Å²) < 4.78 is 7.46. The summed E-state index contributed by atoms with van der Waals surface area (Å²) in [6, 6.07) is 16.5. The molecule has 0 spiro atoms. The van der Waals surface area contributed by atoms with Crippen LogP contribution in [0.1, 0.15) is 46.0 Å². The van der Waals surface area contributed by atoms with E-state index < -0.39 is 0 Å². The van der Waals surface area contributed by atoms with E-state index in [2.05, 4.69) is 50.2 Å². The summed E-state index contributed by atoms with van der Waals surface area (Å²) in [6.45, 7) is 4.41. The van der Waals surface area contributed by atoms with Gasteiger partial charge in [-0.3, -0.25) is 0 Å². The predicted molar refractivity (Wildman–Crippen MR) is 104 cm³/mol. The summed E-state index contributed by atoms with van der Waals surface area (Å²) in [7, 11) is 0. The Balaban J connectivity index is 1.75. The van der Waals surface area contributed by atoms with Gasteiger partial charge in [0, 0.05) is 0 Å². The number of hydrogen-bond donors (Lipinski definition) is 0. The highest BCUT2D eigenvalue weighted by atomic mass is 32.1. The molecule has 0 bridgehead atoms. The lowest BCUT2D eigenvalue weighted by Gasteiger charge is -2.16. The van der Waals surface area contributed by atoms with Crippen molar-refractivity contribution < 1.29 is 4.74 Å². The maximum Gasteiger partial charge on any atom is 0.129 e. The number of ether oxygens (including phenoxy) is 1. The molecule has 24 heavy (non-hydrogen) atoms. The van der Waals surface area contributed by atoms with Gasteiger partial charge < -0.3 is 4.74 Å². The molecule has 0 aliphatic heterocycles. The molecule has 0 radical (unpaired) electrons. The number of thiazole rings is 1. The quantitative estimate of drug-likeness (QED) is 0.426. The van der Waals surface area contributed by atoms with Gasteiger partial charge in [-0.25, -0.2) is 4.98 Å². The summed E-state index contributed by atoms with van der Waals surface area (Å²) in [5.74, 6) is 0.944. The smallest absolute Gasteiger partial charge is 0.129 e. The molecule has 1 aromatic heterocycles. The van der Waals surface area contributed by atoms with Gasteiger partial charge in [-0.2, -0.15) is 0 Å². The van der Waals surface area contributed by atoms with Crippen LogP contribution in [0.3, 0.4) is 0 Å². The fraction of sp³-hybridized carbons (Fsp3) is 0.381. The Kier molecular flexibility index (Phi) is 5.86. The summed E-state index contributed by atoms with van der Waals surface area (Å²) in [5, 5.41) is 1.03. The van der Waals surface area contributed by atoms with Crippen molar-refractivity contribution >= 4 is 21.6 Å². The number of rotatable bonds is 8. The normalized spacial score (nSPS) is 12.4. The molecule has 2 nitrogen and oxygen atoms in total. The molecule has 0 amide bonds. The second kappa shape index (κ2) is 8.29. The predicted octanol–water partition coefficient (Wildman–Crippen LogP) is 6.70. The first-order chi connectivity index (χ1) is 11.8. The van der Waals surface area contributed by atoms with Gasteiger partial charge in [-0.1, -0.05) is 50.5 Å². The van der Waals surface area contributed by atoms with Gasteiger partial charge in [-0.05, 0) is 44.0 Å². The molecule has 0 aliphatic carbocycles. The van der Waals surface area contributed by atoms with E-state index >= 15 is 0 Å². The van der Waals surface area contributed by atoms with Gasteiger partial charge in [0.25, 0.3) is 0 Å². The van der Waals surface area contributed by atoms with Gasteiger partial charge >= 0.3 is 0 Å². The minimum atomic E-state index is 0.234. The average molecular weight is 340 g/mol. The largest absolute Gasteiger partial charge is 0.490 e. The third kappa shape index (κ3) is 4.15. The fourth-order valence-electron chi connectivity index (χ4n) is 2.87. The number of hydrogen-bond acceptors (Lipinski definition) is 3. The standard InChI is InChI=1S/C21H25NOS/c1-3-4-5-6-11-16(2)23-19-14-9-7-12-17(19)21-22-18-13-8-10-15-20(18)24-21/h7-10,12-16H,3-6,11H2,1-2H3. The Morgan fingerprint density at radius 2 is 1.79 bits per heavy atom. The van der Waals surface area contributed by atoms with E-state index in [1.807, 2.05) is 12.1 Å². The van der Waals surface area contributed by atoms with Crippen molar-refractivity contribution in [1.29, 1.82) is 0 Å². The molecular weight excluding hydrogens is 314 g/mol. The van der Waals surface area contributed by atoms with E-state index in [0.717, 1.165) is 28.3 Å². The van der Waals surface area contributed by atoms with Crippen LogP contribution in [0.4, 0.5) is 0 Å². The highest BCUT2D eigenvalue weighted by Crippen LogP contribution is 2.36. The van der Waals surface area contributed by atoms with Crippen molar-refractivity contribution in [2.45, 2.75) is 52.1 Å². The molecule has 1 heterocycles. The highest BCUT2D eigenvalue weighted by molar-refractivity contribution is 7.21. The molecule has 0 N–H and O–H groups in total. The van der Waals surface area contributed by atoms with Gasteiger partial charge in [0.15, 0.2) is 0 Å². The van der Waals surface area contributed by atoms with Crippen LogP contribution in [0, 0.1) is 0 Å². The van der Waals surface area contributed by atoms with Crippen molar-refractivity contribution in [3.05, 3.63) is 48.5 Å². The van der Waals surface area contributed by atoms with E-state index in [0.29, 0.717) is 0 Å². The second-order valence-electron chi connectivity index (χ2n) is 6.26. The molecule has 0 saturated heterocycles. The first-order valence-corrected chi connectivity index (χ1v) is 9.71. The SMILES string of the molecule is CCCCCCC(C)Oc1ccccc1-c1nc2ccccc2s1. The lowest BCUT2D eigenvalue weighted by atomic mass is 10.1. The third-order valence-corrected chi connectivity index (χ3v) is 5.27. The first-order valence-electron chi connectivity index (χ1n) is 8.89. The Morgan fingerprint density at radius 1 is 1.00 bits per heavy atom. The molecular formula is C21H25NOS. The fourth-order valence-corrected chi connectivity index (χ4v) is 3.86. The summed E-state index contributed by atoms with van der Waals surface area (Å²) in [5.41, 5.74) is 2.15. The number of para-hydroxylation sites is 2. The summed E-state index contributed by atoms with van der Waals surface area (Å²) in [4.78, 5) is 4.78. The number of unbranched alkanes of at least 4 members (excludes halogenated alkanes) is 3.